The number of amides is 2. The number of aromatic amines is 1. The number of hydrogen-bond acceptors (Lipinski definition) is 4. The van der Waals surface area contributed by atoms with Gasteiger partial charge in [-0.25, -0.2) is 5.48 Å². The van der Waals surface area contributed by atoms with Crippen molar-refractivity contribution >= 4 is 34.3 Å². The van der Waals surface area contributed by atoms with Crippen molar-refractivity contribution in [3.8, 4) is 11.1 Å². The highest BCUT2D eigenvalue weighted by atomic mass is 35.5. The average molecular weight is 451 g/mol. The number of nitrogens with one attached hydrogen (secondary N) is 3. The van der Waals surface area contributed by atoms with Crippen molar-refractivity contribution in [3.63, 3.8) is 0 Å². The van der Waals surface area contributed by atoms with Gasteiger partial charge in [0.15, 0.2) is 0 Å². The van der Waals surface area contributed by atoms with E-state index in [0.29, 0.717) is 21.5 Å². The van der Waals surface area contributed by atoms with Crippen LogP contribution in [-0.4, -0.2) is 26.6 Å². The van der Waals surface area contributed by atoms with E-state index in [2.05, 4.69) is 10.3 Å². The molecular formula is C23H19ClN4O4. The zero-order valence-corrected chi connectivity index (χ0v) is 17.7. The van der Waals surface area contributed by atoms with E-state index in [-0.39, 0.29) is 23.7 Å². The van der Waals surface area contributed by atoms with Gasteiger partial charge in [0.1, 0.15) is 11.2 Å². The zero-order chi connectivity index (χ0) is 22.8. The van der Waals surface area contributed by atoms with Gasteiger partial charge in [0.2, 0.25) is 0 Å². The Morgan fingerprint density at radius 1 is 1.09 bits per heavy atom. The highest BCUT2D eigenvalue weighted by Gasteiger charge is 2.16. The second-order valence-corrected chi connectivity index (χ2v) is 7.70. The van der Waals surface area contributed by atoms with Crippen LogP contribution in [0, 0.1) is 0 Å². The standard InChI is InChI=1S/C23H19ClN4O4/c1-28-12-18(15-3-2-4-16(24)9-15)17-10-19(26-20(17)23(28)31)22(30)25-11-13-5-7-14(8-6-13)21(29)27-32/h2-10,12,26,32H,11H2,1H3,(H,25,30)(H,27,29). The van der Waals surface area contributed by atoms with Crippen molar-refractivity contribution in [1.29, 1.82) is 0 Å². The minimum Gasteiger partial charge on any atom is -0.347 e. The summed E-state index contributed by atoms with van der Waals surface area (Å²) < 4.78 is 1.46. The van der Waals surface area contributed by atoms with E-state index < -0.39 is 5.91 Å². The van der Waals surface area contributed by atoms with Gasteiger partial charge in [-0.1, -0.05) is 35.9 Å². The summed E-state index contributed by atoms with van der Waals surface area (Å²) in [5, 5.41) is 12.7. The van der Waals surface area contributed by atoms with E-state index in [1.807, 2.05) is 12.1 Å². The number of benzene rings is 2. The molecule has 0 atom stereocenters. The molecule has 0 aliphatic rings. The first kappa shape index (κ1) is 21.4. The molecule has 32 heavy (non-hydrogen) atoms. The number of nitrogens with zero attached hydrogens (tertiary/aromatic N) is 1. The third-order valence-corrected chi connectivity index (χ3v) is 5.35. The van der Waals surface area contributed by atoms with Gasteiger partial charge in [0, 0.05) is 41.3 Å². The van der Waals surface area contributed by atoms with Gasteiger partial charge in [-0.3, -0.25) is 19.6 Å². The van der Waals surface area contributed by atoms with Crippen LogP contribution in [-0.2, 0) is 13.6 Å². The number of carbonyl (C=O) groups is 2. The number of hydrogen-bond donors (Lipinski definition) is 4. The average Bonchev–Trinajstić information content (AvgIpc) is 3.25. The van der Waals surface area contributed by atoms with Crippen molar-refractivity contribution in [2.24, 2.45) is 7.05 Å². The first-order valence-electron chi connectivity index (χ1n) is 9.67. The lowest BCUT2D eigenvalue weighted by molar-refractivity contribution is 0.0706. The maximum absolute atomic E-state index is 12.7. The van der Waals surface area contributed by atoms with Crippen molar-refractivity contribution in [2.45, 2.75) is 6.54 Å². The summed E-state index contributed by atoms with van der Waals surface area (Å²) in [6, 6.07) is 15.3. The SMILES string of the molecule is Cn1cc(-c2cccc(Cl)c2)c2cc(C(=O)NCc3ccc(C(=O)NO)cc3)[nH]c2c1=O. The van der Waals surface area contributed by atoms with Crippen LogP contribution in [0.15, 0.2) is 65.6 Å². The van der Waals surface area contributed by atoms with Crippen molar-refractivity contribution in [3.05, 3.63) is 93.0 Å². The highest BCUT2D eigenvalue weighted by Crippen LogP contribution is 2.29. The Morgan fingerprint density at radius 2 is 1.84 bits per heavy atom. The summed E-state index contributed by atoms with van der Waals surface area (Å²) in [5.41, 5.74) is 4.56. The molecule has 4 rings (SSSR count). The Bertz CT molecular complexity index is 1390. The normalized spacial score (nSPS) is 10.8. The summed E-state index contributed by atoms with van der Waals surface area (Å²) in [5.74, 6) is -0.992. The molecule has 4 N–H and O–H groups in total. The number of fused-ring (bicyclic) bond motifs is 1. The number of carbonyl (C=O) groups excluding carboxylic acids is 2. The number of H-pyrrole nitrogens is 1. The summed E-state index contributed by atoms with van der Waals surface area (Å²) in [4.78, 5) is 39.7. The molecule has 2 aromatic carbocycles. The van der Waals surface area contributed by atoms with E-state index in [1.165, 1.54) is 16.7 Å². The lowest BCUT2D eigenvalue weighted by atomic mass is 10.0. The Morgan fingerprint density at radius 3 is 2.53 bits per heavy atom. The Kier molecular flexibility index (Phi) is 5.81. The Balaban J connectivity index is 1.61. The molecule has 0 saturated heterocycles. The molecule has 0 aliphatic carbocycles. The summed E-state index contributed by atoms with van der Waals surface area (Å²) in [6.45, 7) is 0.217. The van der Waals surface area contributed by atoms with Gasteiger partial charge < -0.3 is 14.9 Å². The molecule has 8 nitrogen and oxygen atoms in total. The Hall–Kier alpha value is -3.88. The zero-order valence-electron chi connectivity index (χ0n) is 17.0. The van der Waals surface area contributed by atoms with Crippen LogP contribution in [0.5, 0.6) is 0 Å². The summed E-state index contributed by atoms with van der Waals surface area (Å²) in [6.07, 6.45) is 1.72. The van der Waals surface area contributed by atoms with Gasteiger partial charge in [0.25, 0.3) is 17.4 Å². The molecule has 2 amide bonds. The van der Waals surface area contributed by atoms with Crippen LogP contribution in [0.3, 0.4) is 0 Å². The monoisotopic (exact) mass is 450 g/mol. The van der Waals surface area contributed by atoms with Crippen molar-refractivity contribution < 1.29 is 14.8 Å². The van der Waals surface area contributed by atoms with Gasteiger partial charge in [-0.15, -0.1) is 0 Å². The molecule has 0 radical (unpaired) electrons. The first-order valence-corrected chi connectivity index (χ1v) is 10.0. The van der Waals surface area contributed by atoms with Gasteiger partial charge in [-0.05, 0) is 41.5 Å². The van der Waals surface area contributed by atoms with Crippen LogP contribution in [0.4, 0.5) is 0 Å². The molecule has 162 valence electrons. The van der Waals surface area contributed by atoms with E-state index in [4.69, 9.17) is 16.8 Å². The molecule has 9 heteroatoms. The van der Waals surface area contributed by atoms with Gasteiger partial charge in [0.05, 0.1) is 0 Å². The number of pyridine rings is 1. The lowest BCUT2D eigenvalue weighted by Crippen LogP contribution is -2.23. The molecular weight excluding hydrogens is 432 g/mol. The number of halogens is 1. The molecule has 2 aromatic heterocycles. The minimum absolute atomic E-state index is 0.217. The van der Waals surface area contributed by atoms with Crippen LogP contribution < -0.4 is 16.4 Å². The number of aromatic nitrogens is 2. The molecule has 0 fully saturated rings. The fraction of sp³-hybridized carbons (Fsp3) is 0.0870. The summed E-state index contributed by atoms with van der Waals surface area (Å²) in [7, 11) is 1.65. The predicted octanol–water partition coefficient (Wildman–Crippen LogP) is 3.24. The van der Waals surface area contributed by atoms with Crippen molar-refractivity contribution in [1.82, 2.24) is 20.3 Å². The first-order chi connectivity index (χ1) is 15.4. The van der Waals surface area contributed by atoms with Crippen LogP contribution in [0.1, 0.15) is 26.4 Å². The van der Waals surface area contributed by atoms with Crippen LogP contribution in [0.25, 0.3) is 22.0 Å². The van der Waals surface area contributed by atoms with E-state index >= 15 is 0 Å². The minimum atomic E-state index is -0.615. The maximum atomic E-state index is 12.7. The fourth-order valence-corrected chi connectivity index (χ4v) is 3.65. The van der Waals surface area contributed by atoms with E-state index in [1.54, 1.807) is 49.1 Å². The topological polar surface area (TPSA) is 116 Å². The quantitative estimate of drug-likeness (QED) is 0.276. The molecule has 0 aliphatic heterocycles. The predicted molar refractivity (Wildman–Crippen MR) is 121 cm³/mol. The largest absolute Gasteiger partial charge is 0.347 e. The highest BCUT2D eigenvalue weighted by molar-refractivity contribution is 6.30. The fourth-order valence-electron chi connectivity index (χ4n) is 3.46. The van der Waals surface area contributed by atoms with Crippen LogP contribution >= 0.6 is 11.6 Å². The smallest absolute Gasteiger partial charge is 0.274 e. The molecule has 0 unspecified atom stereocenters. The third kappa shape index (κ3) is 4.14. The molecule has 0 bridgehead atoms. The Labute approximate surface area is 187 Å². The molecule has 4 aromatic rings. The molecule has 0 saturated carbocycles. The van der Waals surface area contributed by atoms with E-state index in [9.17, 15) is 14.4 Å². The molecule has 2 heterocycles. The third-order valence-electron chi connectivity index (χ3n) is 5.12. The summed E-state index contributed by atoms with van der Waals surface area (Å²) >= 11 is 6.13. The number of hydroxylamine groups is 1. The number of rotatable bonds is 5. The number of aryl methyl sites for hydroxylation is 1. The van der Waals surface area contributed by atoms with E-state index in [0.717, 1.165) is 16.7 Å². The second kappa shape index (κ2) is 8.70. The van der Waals surface area contributed by atoms with Crippen LogP contribution in [0.2, 0.25) is 5.02 Å². The van der Waals surface area contributed by atoms with Crippen molar-refractivity contribution in [2.75, 3.05) is 0 Å². The molecule has 0 spiro atoms. The van der Waals surface area contributed by atoms with Gasteiger partial charge >= 0.3 is 0 Å². The lowest BCUT2D eigenvalue weighted by Gasteiger charge is -2.07. The second-order valence-electron chi connectivity index (χ2n) is 7.26. The van der Waals surface area contributed by atoms with Gasteiger partial charge in [-0.2, -0.15) is 0 Å². The maximum Gasteiger partial charge on any atom is 0.274 e.